The summed E-state index contributed by atoms with van der Waals surface area (Å²) in [6, 6.07) is 4.54. The molecular formula is C12H16FNO2S. The first-order valence-electron chi connectivity index (χ1n) is 5.41. The summed E-state index contributed by atoms with van der Waals surface area (Å²) in [5.74, 6) is -0.326. The van der Waals surface area contributed by atoms with Gasteiger partial charge in [-0.05, 0) is 31.5 Å². The number of hydrogen-bond donors (Lipinski definition) is 2. The summed E-state index contributed by atoms with van der Waals surface area (Å²) in [4.78, 5) is 11.6. The lowest BCUT2D eigenvalue weighted by atomic mass is 10.1. The van der Waals surface area contributed by atoms with E-state index < -0.39 is 11.9 Å². The van der Waals surface area contributed by atoms with Crippen molar-refractivity contribution in [3.63, 3.8) is 0 Å². The van der Waals surface area contributed by atoms with E-state index in [-0.39, 0.29) is 11.7 Å². The normalized spacial score (nSPS) is 12.2. The summed E-state index contributed by atoms with van der Waals surface area (Å²) < 4.78 is 13.6. The zero-order valence-electron chi connectivity index (χ0n) is 9.87. The van der Waals surface area contributed by atoms with E-state index >= 15 is 0 Å². The Kier molecular flexibility index (Phi) is 5.44. The molecule has 0 aliphatic carbocycles. The lowest BCUT2D eigenvalue weighted by molar-refractivity contribution is -0.118. The average molecular weight is 257 g/mol. The van der Waals surface area contributed by atoms with Crippen LogP contribution in [0.15, 0.2) is 23.1 Å². The van der Waals surface area contributed by atoms with Crippen molar-refractivity contribution in [2.75, 3.05) is 12.3 Å². The number of aliphatic hydroxyl groups is 1. The SMILES string of the molecule is CCNC(=O)CSc1ccc([C@H](C)O)cc1F. The van der Waals surface area contributed by atoms with Crippen molar-refractivity contribution >= 4 is 17.7 Å². The maximum atomic E-state index is 13.6. The van der Waals surface area contributed by atoms with Gasteiger partial charge < -0.3 is 10.4 Å². The van der Waals surface area contributed by atoms with E-state index in [2.05, 4.69) is 5.32 Å². The van der Waals surface area contributed by atoms with Crippen LogP contribution in [0.4, 0.5) is 4.39 Å². The summed E-state index contributed by atoms with van der Waals surface area (Å²) >= 11 is 1.15. The van der Waals surface area contributed by atoms with Crippen LogP contribution in [0.1, 0.15) is 25.5 Å². The third-order valence-electron chi connectivity index (χ3n) is 2.17. The molecule has 5 heteroatoms. The fourth-order valence-corrected chi connectivity index (χ4v) is 2.04. The predicted octanol–water partition coefficient (Wildman–Crippen LogP) is 2.11. The zero-order chi connectivity index (χ0) is 12.8. The van der Waals surface area contributed by atoms with Gasteiger partial charge in [0.15, 0.2) is 0 Å². The molecule has 0 spiro atoms. The number of nitrogens with one attached hydrogen (secondary N) is 1. The number of amides is 1. The van der Waals surface area contributed by atoms with E-state index in [1.165, 1.54) is 6.07 Å². The van der Waals surface area contributed by atoms with Gasteiger partial charge in [-0.3, -0.25) is 4.79 Å². The number of rotatable bonds is 5. The van der Waals surface area contributed by atoms with Crippen molar-refractivity contribution in [2.24, 2.45) is 0 Å². The van der Waals surface area contributed by atoms with Crippen LogP contribution in [-0.4, -0.2) is 23.3 Å². The zero-order valence-corrected chi connectivity index (χ0v) is 10.7. The van der Waals surface area contributed by atoms with Gasteiger partial charge in [0.2, 0.25) is 5.91 Å². The van der Waals surface area contributed by atoms with Gasteiger partial charge >= 0.3 is 0 Å². The van der Waals surface area contributed by atoms with Crippen LogP contribution in [-0.2, 0) is 4.79 Å². The van der Waals surface area contributed by atoms with Crippen LogP contribution in [0.3, 0.4) is 0 Å². The van der Waals surface area contributed by atoms with Crippen molar-refractivity contribution in [1.29, 1.82) is 0 Å². The number of carbonyl (C=O) groups is 1. The Morgan fingerprint density at radius 3 is 2.82 bits per heavy atom. The van der Waals surface area contributed by atoms with Gasteiger partial charge in [-0.25, -0.2) is 4.39 Å². The Labute approximate surface area is 104 Å². The first kappa shape index (κ1) is 14.0. The second-order valence-corrected chi connectivity index (χ2v) is 4.63. The molecule has 0 radical (unpaired) electrons. The number of aliphatic hydroxyl groups excluding tert-OH is 1. The van der Waals surface area contributed by atoms with Gasteiger partial charge in [0.1, 0.15) is 5.82 Å². The number of hydrogen-bond acceptors (Lipinski definition) is 3. The topological polar surface area (TPSA) is 49.3 Å². The summed E-state index contributed by atoms with van der Waals surface area (Å²) in [6.45, 7) is 3.99. The number of benzene rings is 1. The van der Waals surface area contributed by atoms with Crippen LogP contribution >= 0.6 is 11.8 Å². The van der Waals surface area contributed by atoms with Crippen LogP contribution < -0.4 is 5.32 Å². The van der Waals surface area contributed by atoms with Gasteiger partial charge in [0, 0.05) is 11.4 Å². The van der Waals surface area contributed by atoms with Crippen LogP contribution in [0, 0.1) is 5.82 Å². The molecule has 1 rings (SSSR count). The smallest absolute Gasteiger partial charge is 0.230 e. The Morgan fingerprint density at radius 1 is 1.59 bits per heavy atom. The Morgan fingerprint density at radius 2 is 2.29 bits per heavy atom. The number of carbonyl (C=O) groups excluding carboxylic acids is 1. The van der Waals surface area contributed by atoms with Crippen molar-refractivity contribution in [1.82, 2.24) is 5.32 Å². The largest absolute Gasteiger partial charge is 0.389 e. The molecule has 1 aromatic carbocycles. The van der Waals surface area contributed by atoms with Gasteiger partial charge in [-0.2, -0.15) is 0 Å². The highest BCUT2D eigenvalue weighted by Crippen LogP contribution is 2.24. The molecule has 0 bridgehead atoms. The summed E-state index contributed by atoms with van der Waals surface area (Å²) in [6.07, 6.45) is -0.688. The Hall–Kier alpha value is -1.07. The van der Waals surface area contributed by atoms with Gasteiger partial charge in [-0.15, -0.1) is 11.8 Å². The van der Waals surface area contributed by atoms with Gasteiger partial charge in [0.25, 0.3) is 0 Å². The second kappa shape index (κ2) is 6.61. The molecule has 0 fully saturated rings. The third kappa shape index (κ3) is 4.36. The lowest BCUT2D eigenvalue weighted by Crippen LogP contribution is -2.24. The van der Waals surface area contributed by atoms with E-state index in [0.29, 0.717) is 17.0 Å². The van der Waals surface area contributed by atoms with Crippen LogP contribution in [0.5, 0.6) is 0 Å². The first-order valence-corrected chi connectivity index (χ1v) is 6.40. The summed E-state index contributed by atoms with van der Waals surface area (Å²) in [5.41, 5.74) is 0.532. The average Bonchev–Trinajstić information content (AvgIpc) is 2.27. The fraction of sp³-hybridized carbons (Fsp3) is 0.417. The minimum Gasteiger partial charge on any atom is -0.389 e. The molecule has 94 valence electrons. The van der Waals surface area contributed by atoms with Gasteiger partial charge in [0.05, 0.1) is 11.9 Å². The molecule has 2 N–H and O–H groups in total. The molecule has 0 heterocycles. The maximum absolute atomic E-state index is 13.6. The molecule has 1 atom stereocenters. The van der Waals surface area contributed by atoms with E-state index in [0.717, 1.165) is 11.8 Å². The van der Waals surface area contributed by atoms with E-state index in [9.17, 15) is 14.3 Å². The molecular weight excluding hydrogens is 241 g/mol. The van der Waals surface area contributed by atoms with Crippen molar-refractivity contribution < 1.29 is 14.3 Å². The molecule has 0 saturated carbocycles. The van der Waals surface area contributed by atoms with Crippen molar-refractivity contribution in [3.8, 4) is 0 Å². The molecule has 1 aromatic rings. The third-order valence-corrected chi connectivity index (χ3v) is 3.22. The predicted molar refractivity (Wildman–Crippen MR) is 66.4 cm³/mol. The Balaban J connectivity index is 2.63. The van der Waals surface area contributed by atoms with Gasteiger partial charge in [-0.1, -0.05) is 6.07 Å². The fourth-order valence-electron chi connectivity index (χ4n) is 1.29. The van der Waals surface area contributed by atoms with E-state index in [1.807, 2.05) is 6.92 Å². The lowest BCUT2D eigenvalue weighted by Gasteiger charge is -2.08. The summed E-state index contributed by atoms with van der Waals surface area (Å²) in [5, 5.41) is 11.9. The van der Waals surface area contributed by atoms with Crippen molar-refractivity contribution in [3.05, 3.63) is 29.6 Å². The molecule has 3 nitrogen and oxygen atoms in total. The highest BCUT2D eigenvalue weighted by Gasteiger charge is 2.09. The molecule has 0 saturated heterocycles. The molecule has 0 aliphatic rings. The highest BCUT2D eigenvalue weighted by atomic mass is 32.2. The monoisotopic (exact) mass is 257 g/mol. The molecule has 0 aliphatic heterocycles. The number of halogens is 1. The summed E-state index contributed by atoms with van der Waals surface area (Å²) in [7, 11) is 0. The molecule has 17 heavy (non-hydrogen) atoms. The molecule has 1 amide bonds. The second-order valence-electron chi connectivity index (χ2n) is 3.61. The first-order chi connectivity index (χ1) is 8.04. The highest BCUT2D eigenvalue weighted by molar-refractivity contribution is 8.00. The standard InChI is InChI=1S/C12H16FNO2S/c1-3-14-12(16)7-17-11-5-4-9(8(2)15)6-10(11)13/h4-6,8,15H,3,7H2,1-2H3,(H,14,16)/t8-/m0/s1. The quantitative estimate of drug-likeness (QED) is 0.794. The van der Waals surface area contributed by atoms with Crippen LogP contribution in [0.2, 0.25) is 0 Å². The van der Waals surface area contributed by atoms with Crippen LogP contribution in [0.25, 0.3) is 0 Å². The molecule has 0 unspecified atom stereocenters. The maximum Gasteiger partial charge on any atom is 0.230 e. The molecule has 0 aromatic heterocycles. The number of thioether (sulfide) groups is 1. The minimum absolute atomic E-state index is 0.114. The van der Waals surface area contributed by atoms with Crippen molar-refractivity contribution in [2.45, 2.75) is 24.8 Å². The Bertz CT molecular complexity index is 396. The van der Waals surface area contributed by atoms with E-state index in [4.69, 9.17) is 0 Å². The minimum atomic E-state index is -0.688. The van der Waals surface area contributed by atoms with E-state index in [1.54, 1.807) is 19.1 Å².